The first kappa shape index (κ1) is 14.6. The molecule has 0 spiro atoms. The zero-order valence-corrected chi connectivity index (χ0v) is 14.3. The second-order valence-corrected chi connectivity index (χ2v) is 9.08. The summed E-state index contributed by atoms with van der Waals surface area (Å²) in [7, 11) is 0. The molecule has 2 saturated heterocycles. The van der Waals surface area contributed by atoms with Crippen LogP contribution in [0.1, 0.15) is 37.5 Å². The van der Waals surface area contributed by atoms with Crippen molar-refractivity contribution in [3.63, 3.8) is 0 Å². The summed E-state index contributed by atoms with van der Waals surface area (Å²) < 4.78 is 0. The fraction of sp³-hybridized carbons (Fsp3) is 0.625. The van der Waals surface area contributed by atoms with Crippen LogP contribution in [0.25, 0.3) is 0 Å². The first-order chi connectivity index (χ1) is 10.6. The summed E-state index contributed by atoms with van der Waals surface area (Å²) in [5.74, 6) is 1.05. The van der Waals surface area contributed by atoms with Crippen molar-refractivity contribution in [2.75, 3.05) is 5.75 Å². The molecule has 0 bridgehead atoms. The number of rotatable bonds is 4. The van der Waals surface area contributed by atoms with Crippen LogP contribution in [0.15, 0.2) is 17.5 Å². The third-order valence-electron chi connectivity index (χ3n) is 4.91. The Labute approximate surface area is 138 Å². The number of thiophene rings is 1. The number of carbonyl (C=O) groups is 2. The maximum atomic E-state index is 13.1. The van der Waals surface area contributed by atoms with Crippen LogP contribution in [0.4, 0.5) is 0 Å². The lowest BCUT2D eigenvalue weighted by Crippen LogP contribution is -2.51. The third-order valence-corrected chi connectivity index (χ3v) is 7.27. The van der Waals surface area contributed by atoms with E-state index in [9.17, 15) is 9.59 Å². The Kier molecular flexibility index (Phi) is 3.49. The van der Waals surface area contributed by atoms with Crippen LogP contribution in [0.5, 0.6) is 0 Å². The van der Waals surface area contributed by atoms with Gasteiger partial charge in [0, 0.05) is 23.1 Å². The van der Waals surface area contributed by atoms with Gasteiger partial charge in [-0.1, -0.05) is 6.07 Å². The Balaban J connectivity index is 1.55. The van der Waals surface area contributed by atoms with Crippen molar-refractivity contribution in [3.8, 4) is 0 Å². The minimum absolute atomic E-state index is 0.151. The molecule has 1 aromatic rings. The lowest BCUT2D eigenvalue weighted by molar-refractivity contribution is -0.144. The second kappa shape index (κ2) is 5.27. The number of amides is 2. The number of carbonyl (C=O) groups excluding carboxylic acids is 2. The fourth-order valence-corrected chi connectivity index (χ4v) is 5.66. The Hall–Kier alpha value is -1.01. The highest BCUT2D eigenvalue weighted by molar-refractivity contribution is 8.01. The van der Waals surface area contributed by atoms with E-state index in [0.717, 1.165) is 25.0 Å². The average Bonchev–Trinajstić information content (AvgIpc) is 2.96. The van der Waals surface area contributed by atoms with Crippen LogP contribution in [0.3, 0.4) is 0 Å². The van der Waals surface area contributed by atoms with Gasteiger partial charge in [0.1, 0.15) is 6.04 Å². The van der Waals surface area contributed by atoms with Gasteiger partial charge in [-0.2, -0.15) is 0 Å². The van der Waals surface area contributed by atoms with Crippen molar-refractivity contribution in [3.05, 3.63) is 22.4 Å². The normalized spacial score (nSPS) is 30.7. The summed E-state index contributed by atoms with van der Waals surface area (Å²) in [6.45, 7) is 2.80. The highest BCUT2D eigenvalue weighted by atomic mass is 32.2. The van der Waals surface area contributed by atoms with E-state index in [1.807, 2.05) is 15.9 Å². The highest BCUT2D eigenvalue weighted by Crippen LogP contribution is 2.48. The van der Waals surface area contributed by atoms with Gasteiger partial charge in [-0.3, -0.25) is 9.59 Å². The fourth-order valence-electron chi connectivity index (χ4n) is 3.54. The van der Waals surface area contributed by atoms with Gasteiger partial charge >= 0.3 is 0 Å². The third kappa shape index (κ3) is 2.36. The topological polar surface area (TPSA) is 40.6 Å². The van der Waals surface area contributed by atoms with Crippen molar-refractivity contribution >= 4 is 34.9 Å². The molecule has 4 rings (SSSR count). The van der Waals surface area contributed by atoms with E-state index in [1.165, 1.54) is 4.88 Å². The van der Waals surface area contributed by atoms with Crippen molar-refractivity contribution in [2.24, 2.45) is 0 Å². The first-order valence-electron chi connectivity index (χ1n) is 7.87. The van der Waals surface area contributed by atoms with E-state index in [4.69, 9.17) is 0 Å². The molecular weight excluding hydrogens is 316 g/mol. The van der Waals surface area contributed by atoms with Gasteiger partial charge in [-0.15, -0.1) is 23.1 Å². The Morgan fingerprint density at radius 1 is 1.50 bits per heavy atom. The van der Waals surface area contributed by atoms with E-state index in [-0.39, 0.29) is 22.7 Å². The van der Waals surface area contributed by atoms with E-state index in [1.54, 1.807) is 23.1 Å². The Morgan fingerprint density at radius 2 is 2.32 bits per heavy atom. The SMILES string of the molecule is C[C@@]12CCC(=O)N1[C@@H](C(=O)N(Cc1cccs1)C1CC1)CS2. The monoisotopic (exact) mass is 336 g/mol. The molecule has 3 aliphatic rings. The molecule has 4 nitrogen and oxygen atoms in total. The largest absolute Gasteiger partial charge is 0.333 e. The highest BCUT2D eigenvalue weighted by Gasteiger charge is 2.54. The number of hydrogen-bond acceptors (Lipinski definition) is 4. The van der Waals surface area contributed by atoms with Crippen LogP contribution < -0.4 is 0 Å². The van der Waals surface area contributed by atoms with Gasteiger partial charge in [0.25, 0.3) is 0 Å². The first-order valence-corrected chi connectivity index (χ1v) is 9.74. The molecule has 6 heteroatoms. The van der Waals surface area contributed by atoms with Gasteiger partial charge in [0.05, 0.1) is 11.4 Å². The molecule has 0 unspecified atom stereocenters. The summed E-state index contributed by atoms with van der Waals surface area (Å²) in [4.78, 5) is 30.3. The van der Waals surface area contributed by atoms with Crippen molar-refractivity contribution < 1.29 is 9.59 Å². The zero-order valence-electron chi connectivity index (χ0n) is 12.7. The van der Waals surface area contributed by atoms with Crippen molar-refractivity contribution in [2.45, 2.75) is 56.1 Å². The average molecular weight is 336 g/mol. The summed E-state index contributed by atoms with van der Waals surface area (Å²) >= 11 is 3.47. The van der Waals surface area contributed by atoms with E-state index in [0.29, 0.717) is 19.0 Å². The number of nitrogens with zero attached hydrogens (tertiary/aromatic N) is 2. The van der Waals surface area contributed by atoms with Gasteiger partial charge in [-0.05, 0) is 37.6 Å². The van der Waals surface area contributed by atoms with Crippen LogP contribution >= 0.6 is 23.1 Å². The molecule has 2 aliphatic heterocycles. The second-order valence-electron chi connectivity index (χ2n) is 6.54. The maximum absolute atomic E-state index is 13.1. The summed E-state index contributed by atoms with van der Waals surface area (Å²) in [6, 6.07) is 4.24. The quantitative estimate of drug-likeness (QED) is 0.849. The summed E-state index contributed by atoms with van der Waals surface area (Å²) in [6.07, 6.45) is 3.65. The molecule has 0 aromatic carbocycles. The molecule has 22 heavy (non-hydrogen) atoms. The number of fused-ring (bicyclic) bond motifs is 1. The van der Waals surface area contributed by atoms with E-state index >= 15 is 0 Å². The van der Waals surface area contributed by atoms with Gasteiger partial charge in [-0.25, -0.2) is 0 Å². The molecule has 2 atom stereocenters. The van der Waals surface area contributed by atoms with Crippen LogP contribution in [0.2, 0.25) is 0 Å². The summed E-state index contributed by atoms with van der Waals surface area (Å²) in [5.41, 5.74) is 0. The molecule has 3 heterocycles. The summed E-state index contributed by atoms with van der Waals surface area (Å²) in [5, 5.41) is 2.05. The minimum Gasteiger partial charge on any atom is -0.333 e. The lowest BCUT2D eigenvalue weighted by Gasteiger charge is -2.33. The van der Waals surface area contributed by atoms with Crippen LogP contribution in [-0.4, -0.2) is 44.3 Å². The molecule has 3 fully saturated rings. The Morgan fingerprint density at radius 3 is 3.00 bits per heavy atom. The van der Waals surface area contributed by atoms with Crippen LogP contribution in [-0.2, 0) is 16.1 Å². The maximum Gasteiger partial charge on any atom is 0.246 e. The molecule has 1 aliphatic carbocycles. The van der Waals surface area contributed by atoms with Crippen molar-refractivity contribution in [1.29, 1.82) is 0 Å². The van der Waals surface area contributed by atoms with E-state index < -0.39 is 0 Å². The zero-order chi connectivity index (χ0) is 15.3. The molecule has 1 saturated carbocycles. The smallest absolute Gasteiger partial charge is 0.246 e. The van der Waals surface area contributed by atoms with Gasteiger partial charge in [0.2, 0.25) is 11.8 Å². The number of thioether (sulfide) groups is 1. The van der Waals surface area contributed by atoms with Crippen molar-refractivity contribution in [1.82, 2.24) is 9.80 Å². The molecule has 118 valence electrons. The predicted octanol–water partition coefficient (Wildman–Crippen LogP) is 2.69. The molecule has 0 radical (unpaired) electrons. The minimum atomic E-state index is -0.259. The molecule has 2 amide bonds. The van der Waals surface area contributed by atoms with Gasteiger partial charge in [0.15, 0.2) is 0 Å². The molecule has 0 N–H and O–H groups in total. The molecule has 1 aromatic heterocycles. The van der Waals surface area contributed by atoms with Crippen LogP contribution in [0, 0.1) is 0 Å². The standard InChI is InChI=1S/C16H20N2O2S2/c1-16-7-6-14(19)18(16)13(10-22-16)15(20)17(11-4-5-11)9-12-3-2-8-21-12/h2-3,8,11,13H,4-7,9-10H2,1H3/t13-,16-/m1/s1. The lowest BCUT2D eigenvalue weighted by atomic mass is 10.2. The van der Waals surface area contributed by atoms with E-state index in [2.05, 4.69) is 18.4 Å². The van der Waals surface area contributed by atoms with Gasteiger partial charge < -0.3 is 9.80 Å². The Bertz CT molecular complexity index is 599. The molecular formula is C16H20N2O2S2. The number of hydrogen-bond donors (Lipinski definition) is 0. The predicted molar refractivity (Wildman–Crippen MR) is 88.6 cm³/mol.